The highest BCUT2D eigenvalue weighted by atomic mass is 32.1. The summed E-state index contributed by atoms with van der Waals surface area (Å²) >= 11 is 1.73. The van der Waals surface area contributed by atoms with Gasteiger partial charge in [0.2, 0.25) is 0 Å². The van der Waals surface area contributed by atoms with E-state index < -0.39 is 0 Å². The molecule has 1 fully saturated rings. The van der Waals surface area contributed by atoms with Crippen LogP contribution in [-0.4, -0.2) is 48.6 Å². The van der Waals surface area contributed by atoms with Crippen LogP contribution in [0.4, 0.5) is 5.69 Å². The fraction of sp³-hybridized carbons (Fsp3) is 0.261. The molecule has 3 aromatic rings. The number of quaternary nitrogens is 1. The third-order valence-electron chi connectivity index (χ3n) is 5.38. The van der Waals surface area contributed by atoms with E-state index in [1.807, 2.05) is 35.2 Å². The summed E-state index contributed by atoms with van der Waals surface area (Å²) in [5.74, 6) is 0.463. The Morgan fingerprint density at radius 3 is 2.34 bits per heavy atom. The SMILES string of the molecule is O=C(C[NH2+][C@@H](c1ccccc1)c1cccs1)N1CCN(c2ccc(O)cc2)CC1. The molecule has 6 heteroatoms. The molecule has 1 saturated heterocycles. The van der Waals surface area contributed by atoms with E-state index in [1.54, 1.807) is 23.5 Å². The van der Waals surface area contributed by atoms with Crippen LogP contribution in [0.5, 0.6) is 5.75 Å². The first kappa shape index (κ1) is 19.5. The van der Waals surface area contributed by atoms with Crippen LogP contribution in [0.25, 0.3) is 0 Å². The number of rotatable bonds is 6. The van der Waals surface area contributed by atoms with Gasteiger partial charge in [-0.15, -0.1) is 11.3 Å². The summed E-state index contributed by atoms with van der Waals surface area (Å²) in [6, 6.07) is 22.0. The van der Waals surface area contributed by atoms with E-state index in [2.05, 4.69) is 39.9 Å². The Bertz CT molecular complexity index is 905. The third-order valence-corrected chi connectivity index (χ3v) is 6.34. The van der Waals surface area contributed by atoms with E-state index in [-0.39, 0.29) is 17.7 Å². The van der Waals surface area contributed by atoms with Crippen LogP contribution in [-0.2, 0) is 4.79 Å². The molecule has 5 nitrogen and oxygen atoms in total. The summed E-state index contributed by atoms with van der Waals surface area (Å²) in [5.41, 5.74) is 2.31. The lowest BCUT2D eigenvalue weighted by Gasteiger charge is -2.36. The maximum absolute atomic E-state index is 12.8. The van der Waals surface area contributed by atoms with Crippen molar-refractivity contribution < 1.29 is 15.2 Å². The Hall–Kier alpha value is -2.83. The van der Waals surface area contributed by atoms with E-state index >= 15 is 0 Å². The van der Waals surface area contributed by atoms with Crippen LogP contribution in [0.2, 0.25) is 0 Å². The number of hydrogen-bond acceptors (Lipinski definition) is 4. The second-order valence-corrected chi connectivity index (χ2v) is 8.21. The van der Waals surface area contributed by atoms with E-state index in [9.17, 15) is 9.90 Å². The zero-order chi connectivity index (χ0) is 20.1. The topological polar surface area (TPSA) is 60.4 Å². The summed E-state index contributed by atoms with van der Waals surface area (Å²) in [6.45, 7) is 3.51. The van der Waals surface area contributed by atoms with Gasteiger partial charge in [-0.3, -0.25) is 4.79 Å². The maximum atomic E-state index is 12.8. The molecule has 3 N–H and O–H groups in total. The Balaban J connectivity index is 1.34. The van der Waals surface area contributed by atoms with Crippen LogP contribution in [0.3, 0.4) is 0 Å². The van der Waals surface area contributed by atoms with Crippen LogP contribution in [0.1, 0.15) is 16.5 Å². The predicted molar refractivity (Wildman–Crippen MR) is 116 cm³/mol. The number of nitrogens with zero attached hydrogens (tertiary/aromatic N) is 2. The number of piperazine rings is 1. The Morgan fingerprint density at radius 1 is 0.966 bits per heavy atom. The summed E-state index contributed by atoms with van der Waals surface area (Å²) in [6.07, 6.45) is 0. The van der Waals surface area contributed by atoms with E-state index in [0.717, 1.165) is 31.9 Å². The zero-order valence-electron chi connectivity index (χ0n) is 16.3. The van der Waals surface area contributed by atoms with Crippen LogP contribution in [0, 0.1) is 0 Å². The molecule has 0 saturated carbocycles. The van der Waals surface area contributed by atoms with Gasteiger partial charge >= 0.3 is 0 Å². The molecule has 0 unspecified atom stereocenters. The first-order valence-electron chi connectivity index (χ1n) is 9.94. The highest BCUT2D eigenvalue weighted by Gasteiger charge is 2.25. The minimum Gasteiger partial charge on any atom is -0.508 e. The molecule has 1 amide bonds. The average molecular weight is 409 g/mol. The molecule has 150 valence electrons. The number of nitrogens with two attached hydrogens (primary N) is 1. The van der Waals surface area contributed by atoms with Crippen molar-refractivity contribution in [1.82, 2.24) is 4.90 Å². The molecular formula is C23H26N3O2S+. The summed E-state index contributed by atoms with van der Waals surface area (Å²) < 4.78 is 0. The normalized spacial score (nSPS) is 15.3. The first-order valence-corrected chi connectivity index (χ1v) is 10.8. The van der Waals surface area contributed by atoms with Gasteiger partial charge in [0.1, 0.15) is 11.8 Å². The molecule has 1 atom stereocenters. The molecule has 0 bridgehead atoms. The van der Waals surface area contributed by atoms with Crippen molar-refractivity contribution in [3.8, 4) is 5.75 Å². The second kappa shape index (κ2) is 9.11. The highest BCUT2D eigenvalue weighted by molar-refractivity contribution is 7.10. The van der Waals surface area contributed by atoms with Crippen molar-refractivity contribution in [1.29, 1.82) is 0 Å². The molecule has 29 heavy (non-hydrogen) atoms. The van der Waals surface area contributed by atoms with Crippen molar-refractivity contribution in [3.05, 3.63) is 82.6 Å². The van der Waals surface area contributed by atoms with E-state index in [1.165, 1.54) is 10.4 Å². The van der Waals surface area contributed by atoms with Gasteiger partial charge in [-0.05, 0) is 35.7 Å². The molecular weight excluding hydrogens is 382 g/mol. The number of carbonyl (C=O) groups is 1. The van der Waals surface area contributed by atoms with Crippen molar-refractivity contribution in [2.45, 2.75) is 6.04 Å². The molecule has 0 spiro atoms. The molecule has 1 aromatic heterocycles. The minimum absolute atomic E-state index is 0.151. The molecule has 2 aromatic carbocycles. The van der Waals surface area contributed by atoms with Gasteiger partial charge in [-0.25, -0.2) is 0 Å². The van der Waals surface area contributed by atoms with Gasteiger partial charge in [0, 0.05) is 37.4 Å². The van der Waals surface area contributed by atoms with Crippen LogP contribution >= 0.6 is 11.3 Å². The molecule has 0 aliphatic carbocycles. The number of thiophene rings is 1. The summed E-state index contributed by atoms with van der Waals surface area (Å²) in [5, 5.41) is 13.7. The van der Waals surface area contributed by atoms with Crippen LogP contribution < -0.4 is 10.2 Å². The Kier molecular flexibility index (Phi) is 6.12. The number of hydrogen-bond donors (Lipinski definition) is 2. The van der Waals surface area contributed by atoms with Gasteiger partial charge < -0.3 is 20.2 Å². The number of phenolic OH excluding ortho intramolecular Hbond substituents is 1. The number of carbonyl (C=O) groups excluding carboxylic acids is 1. The molecule has 2 heterocycles. The number of phenols is 1. The lowest BCUT2D eigenvalue weighted by atomic mass is 10.1. The van der Waals surface area contributed by atoms with Crippen molar-refractivity contribution in [2.75, 3.05) is 37.6 Å². The van der Waals surface area contributed by atoms with Crippen LogP contribution in [0.15, 0.2) is 72.1 Å². The zero-order valence-corrected chi connectivity index (χ0v) is 17.1. The van der Waals surface area contributed by atoms with Gasteiger partial charge in [-0.1, -0.05) is 36.4 Å². The smallest absolute Gasteiger partial charge is 0.277 e. The predicted octanol–water partition coefficient (Wildman–Crippen LogP) is 2.46. The minimum atomic E-state index is 0.151. The van der Waals surface area contributed by atoms with Gasteiger partial charge in [0.25, 0.3) is 5.91 Å². The van der Waals surface area contributed by atoms with Gasteiger partial charge in [0.05, 0.1) is 4.88 Å². The molecule has 1 aliphatic heterocycles. The van der Waals surface area contributed by atoms with Crippen molar-refractivity contribution in [3.63, 3.8) is 0 Å². The highest BCUT2D eigenvalue weighted by Crippen LogP contribution is 2.23. The van der Waals surface area contributed by atoms with Gasteiger partial charge in [-0.2, -0.15) is 0 Å². The molecule has 4 rings (SSSR count). The van der Waals surface area contributed by atoms with E-state index in [0.29, 0.717) is 6.54 Å². The number of aromatic hydroxyl groups is 1. The largest absolute Gasteiger partial charge is 0.508 e. The summed E-state index contributed by atoms with van der Waals surface area (Å²) in [4.78, 5) is 18.3. The van der Waals surface area contributed by atoms with E-state index in [4.69, 9.17) is 0 Å². The lowest BCUT2D eigenvalue weighted by molar-refractivity contribution is -0.676. The average Bonchev–Trinajstić information content (AvgIpc) is 3.30. The quantitative estimate of drug-likeness (QED) is 0.659. The standard InChI is InChI=1S/C23H25N3O2S/c27-20-10-8-19(9-11-20)25-12-14-26(15-13-25)22(28)17-24-23(21-7-4-16-29-21)18-5-2-1-3-6-18/h1-11,16,23-24,27H,12-15,17H2/p+1/t23-/m0/s1. The van der Waals surface area contributed by atoms with Crippen molar-refractivity contribution in [2.24, 2.45) is 0 Å². The monoisotopic (exact) mass is 408 g/mol. The van der Waals surface area contributed by atoms with Crippen molar-refractivity contribution >= 4 is 22.9 Å². The Labute approximate surface area is 175 Å². The number of benzene rings is 2. The number of amides is 1. The fourth-order valence-electron chi connectivity index (χ4n) is 3.77. The lowest BCUT2D eigenvalue weighted by Crippen LogP contribution is -2.87. The molecule has 0 radical (unpaired) electrons. The first-order chi connectivity index (χ1) is 14.2. The number of anilines is 1. The molecule has 1 aliphatic rings. The van der Waals surface area contributed by atoms with Gasteiger partial charge in [0.15, 0.2) is 6.54 Å². The third kappa shape index (κ3) is 4.78. The fourth-order valence-corrected chi connectivity index (χ4v) is 4.62. The summed E-state index contributed by atoms with van der Waals surface area (Å²) in [7, 11) is 0. The maximum Gasteiger partial charge on any atom is 0.277 e. The Morgan fingerprint density at radius 2 is 1.69 bits per heavy atom. The second-order valence-electron chi connectivity index (χ2n) is 7.23.